The van der Waals surface area contributed by atoms with Crippen molar-refractivity contribution in [2.75, 3.05) is 5.32 Å². The van der Waals surface area contributed by atoms with E-state index in [1.54, 1.807) is 6.92 Å². The van der Waals surface area contributed by atoms with Crippen LogP contribution >= 0.6 is 12.2 Å². The second-order valence-corrected chi connectivity index (χ2v) is 6.34. The van der Waals surface area contributed by atoms with E-state index >= 15 is 0 Å². The maximum absolute atomic E-state index is 12.0. The minimum Gasteiger partial charge on any atom is -0.486 e. The highest BCUT2D eigenvalue weighted by molar-refractivity contribution is 7.80. The molecule has 1 amide bonds. The Hall–Kier alpha value is -3.19. The number of aryl methyl sites for hydroxylation is 1. The van der Waals surface area contributed by atoms with Crippen molar-refractivity contribution < 1.29 is 14.1 Å². The van der Waals surface area contributed by atoms with Crippen LogP contribution in [0.5, 0.6) is 5.75 Å². The fourth-order valence-electron chi connectivity index (χ4n) is 2.45. The van der Waals surface area contributed by atoms with E-state index in [1.165, 1.54) is 6.07 Å². The molecule has 1 heterocycles. The smallest absolute Gasteiger partial charge is 0.279 e. The predicted octanol–water partition coefficient (Wildman–Crippen LogP) is 4.25. The molecule has 6 nitrogen and oxygen atoms in total. The number of rotatable bonds is 5. The van der Waals surface area contributed by atoms with E-state index < -0.39 is 5.91 Å². The van der Waals surface area contributed by atoms with E-state index in [1.807, 2.05) is 61.5 Å². The Bertz CT molecular complexity index is 940. The molecular formula is C20H19N3O3S. The number of nitrogens with one attached hydrogen (secondary N) is 2. The van der Waals surface area contributed by atoms with Gasteiger partial charge < -0.3 is 14.6 Å². The summed E-state index contributed by atoms with van der Waals surface area (Å²) >= 11 is 5.18. The third-order valence-electron chi connectivity index (χ3n) is 3.76. The Labute approximate surface area is 162 Å². The average Bonchev–Trinajstić information content (AvgIpc) is 3.09. The van der Waals surface area contributed by atoms with Crippen LogP contribution in [0.25, 0.3) is 0 Å². The van der Waals surface area contributed by atoms with Crippen LogP contribution in [0, 0.1) is 6.92 Å². The molecule has 1 aromatic heterocycles. The zero-order valence-corrected chi connectivity index (χ0v) is 15.7. The van der Waals surface area contributed by atoms with Crippen molar-refractivity contribution >= 4 is 28.9 Å². The lowest BCUT2D eigenvalue weighted by molar-refractivity contribution is 0.0969. The standard InChI is InChI=1S/C20H19N3O3S/c1-13-11-18(23-26-13)19(24)22-20(27)21-16-9-6-10-17(12-16)25-14(2)15-7-4-3-5-8-15/h3-12,14H,1-2H3,(H2,21,22,24,27)/t14-/m0/s1. The van der Waals surface area contributed by atoms with Crippen LogP contribution in [-0.2, 0) is 0 Å². The molecule has 0 saturated heterocycles. The van der Waals surface area contributed by atoms with Gasteiger partial charge in [0, 0.05) is 17.8 Å². The Morgan fingerprint density at radius 1 is 1.15 bits per heavy atom. The lowest BCUT2D eigenvalue weighted by Crippen LogP contribution is -2.34. The molecule has 3 rings (SSSR count). The molecule has 3 aromatic rings. The van der Waals surface area contributed by atoms with Crippen molar-refractivity contribution in [1.29, 1.82) is 0 Å². The number of hydrogen-bond donors (Lipinski definition) is 2. The van der Waals surface area contributed by atoms with E-state index in [9.17, 15) is 4.79 Å². The summed E-state index contributed by atoms with van der Waals surface area (Å²) in [5.41, 5.74) is 1.96. The summed E-state index contributed by atoms with van der Waals surface area (Å²) in [7, 11) is 0. The number of benzene rings is 2. The molecule has 0 aliphatic heterocycles. The molecule has 138 valence electrons. The second-order valence-electron chi connectivity index (χ2n) is 5.93. The summed E-state index contributed by atoms with van der Waals surface area (Å²) in [6.07, 6.45) is -0.0940. The highest BCUT2D eigenvalue weighted by Gasteiger charge is 2.13. The zero-order chi connectivity index (χ0) is 19.2. The van der Waals surface area contributed by atoms with E-state index in [2.05, 4.69) is 15.8 Å². The fraction of sp³-hybridized carbons (Fsp3) is 0.150. The molecule has 0 unspecified atom stereocenters. The minimum absolute atomic E-state index is 0.0940. The van der Waals surface area contributed by atoms with Gasteiger partial charge in [-0.3, -0.25) is 10.1 Å². The Balaban J connectivity index is 1.60. The van der Waals surface area contributed by atoms with Crippen molar-refractivity contribution in [3.8, 4) is 5.75 Å². The molecule has 1 atom stereocenters. The molecule has 0 radical (unpaired) electrons. The SMILES string of the molecule is Cc1cc(C(=O)NC(=S)Nc2cccc(O[C@@H](C)c3ccccc3)c2)no1. The highest BCUT2D eigenvalue weighted by atomic mass is 32.1. The zero-order valence-electron chi connectivity index (χ0n) is 14.9. The van der Waals surface area contributed by atoms with Gasteiger partial charge in [-0.2, -0.15) is 0 Å². The van der Waals surface area contributed by atoms with Gasteiger partial charge in [0.25, 0.3) is 5.91 Å². The van der Waals surface area contributed by atoms with Gasteiger partial charge in [0.1, 0.15) is 17.6 Å². The predicted molar refractivity (Wildman–Crippen MR) is 107 cm³/mol. The van der Waals surface area contributed by atoms with E-state index in [0.717, 1.165) is 5.56 Å². The number of hydrogen-bond acceptors (Lipinski definition) is 5. The first kappa shape index (κ1) is 18.6. The molecule has 0 spiro atoms. The maximum atomic E-state index is 12.0. The molecule has 0 bridgehead atoms. The number of anilines is 1. The van der Waals surface area contributed by atoms with Gasteiger partial charge in [-0.1, -0.05) is 41.6 Å². The van der Waals surface area contributed by atoms with Crippen LogP contribution in [-0.4, -0.2) is 16.2 Å². The van der Waals surface area contributed by atoms with Crippen LogP contribution in [0.2, 0.25) is 0 Å². The molecule has 0 aliphatic carbocycles. The van der Waals surface area contributed by atoms with Gasteiger partial charge >= 0.3 is 0 Å². The van der Waals surface area contributed by atoms with E-state index in [4.69, 9.17) is 21.5 Å². The van der Waals surface area contributed by atoms with Crippen LogP contribution in [0.3, 0.4) is 0 Å². The lowest BCUT2D eigenvalue weighted by atomic mass is 10.1. The van der Waals surface area contributed by atoms with Crippen molar-refractivity contribution in [2.24, 2.45) is 0 Å². The number of carbonyl (C=O) groups excluding carboxylic acids is 1. The summed E-state index contributed by atoms with van der Waals surface area (Å²) in [5, 5.41) is 9.34. The molecule has 0 fully saturated rings. The van der Waals surface area contributed by atoms with Crippen LogP contribution in [0.4, 0.5) is 5.69 Å². The number of ether oxygens (including phenoxy) is 1. The maximum Gasteiger partial charge on any atom is 0.279 e. The number of amides is 1. The Morgan fingerprint density at radius 2 is 1.93 bits per heavy atom. The molecule has 0 aliphatic rings. The van der Waals surface area contributed by atoms with Gasteiger partial charge in [-0.25, -0.2) is 0 Å². The molecule has 2 aromatic carbocycles. The molecular weight excluding hydrogens is 362 g/mol. The van der Waals surface area contributed by atoms with E-state index in [-0.39, 0.29) is 16.9 Å². The number of carbonyl (C=O) groups is 1. The van der Waals surface area contributed by atoms with Gasteiger partial charge in [-0.05, 0) is 43.8 Å². The third kappa shape index (κ3) is 5.15. The van der Waals surface area contributed by atoms with Gasteiger partial charge in [0.05, 0.1) is 0 Å². The largest absolute Gasteiger partial charge is 0.486 e. The summed E-state index contributed by atoms with van der Waals surface area (Å²) in [6, 6.07) is 18.9. The van der Waals surface area contributed by atoms with Crippen LogP contribution < -0.4 is 15.4 Å². The van der Waals surface area contributed by atoms with Crippen molar-refractivity contribution in [3.63, 3.8) is 0 Å². The average molecular weight is 381 g/mol. The number of thiocarbonyl (C=S) groups is 1. The molecule has 27 heavy (non-hydrogen) atoms. The molecule has 7 heteroatoms. The van der Waals surface area contributed by atoms with Crippen molar-refractivity contribution in [2.45, 2.75) is 20.0 Å². The summed E-state index contributed by atoms with van der Waals surface area (Å²) in [6.45, 7) is 3.70. The first-order chi connectivity index (χ1) is 13.0. The monoisotopic (exact) mass is 381 g/mol. The van der Waals surface area contributed by atoms with Crippen LogP contribution in [0.1, 0.15) is 34.8 Å². The number of nitrogens with zero attached hydrogens (tertiary/aromatic N) is 1. The third-order valence-corrected chi connectivity index (χ3v) is 3.97. The lowest BCUT2D eigenvalue weighted by Gasteiger charge is -2.16. The quantitative estimate of drug-likeness (QED) is 0.644. The fourth-order valence-corrected chi connectivity index (χ4v) is 2.66. The highest BCUT2D eigenvalue weighted by Crippen LogP contribution is 2.24. The second kappa shape index (κ2) is 8.46. The topological polar surface area (TPSA) is 76.4 Å². The van der Waals surface area contributed by atoms with Crippen LogP contribution in [0.15, 0.2) is 65.2 Å². The Kier molecular flexibility index (Phi) is 5.83. The normalized spacial score (nSPS) is 11.5. The van der Waals surface area contributed by atoms with Crippen molar-refractivity contribution in [3.05, 3.63) is 77.7 Å². The van der Waals surface area contributed by atoms with Gasteiger partial charge in [0.2, 0.25) is 0 Å². The molecule has 0 saturated carbocycles. The summed E-state index contributed by atoms with van der Waals surface area (Å²) in [4.78, 5) is 12.0. The van der Waals surface area contributed by atoms with Gasteiger partial charge in [0.15, 0.2) is 10.8 Å². The van der Waals surface area contributed by atoms with E-state index in [0.29, 0.717) is 17.2 Å². The summed E-state index contributed by atoms with van der Waals surface area (Å²) < 4.78 is 10.9. The molecule has 2 N–H and O–H groups in total. The first-order valence-corrected chi connectivity index (χ1v) is 8.79. The first-order valence-electron chi connectivity index (χ1n) is 8.38. The van der Waals surface area contributed by atoms with Crippen molar-refractivity contribution in [1.82, 2.24) is 10.5 Å². The number of aromatic nitrogens is 1. The summed E-state index contributed by atoms with van der Waals surface area (Å²) in [5.74, 6) is 0.809. The Morgan fingerprint density at radius 3 is 2.63 bits per heavy atom. The minimum atomic E-state index is -0.436. The van der Waals surface area contributed by atoms with Gasteiger partial charge in [-0.15, -0.1) is 0 Å².